The molecule has 0 radical (unpaired) electrons. The highest BCUT2D eigenvalue weighted by Crippen LogP contribution is 2.37. The zero-order valence-electron chi connectivity index (χ0n) is 22.6. The third-order valence-corrected chi connectivity index (χ3v) is 6.93. The van der Waals surface area contributed by atoms with Gasteiger partial charge in [0, 0.05) is 31.0 Å². The van der Waals surface area contributed by atoms with Crippen LogP contribution in [0.4, 0.5) is 26.3 Å². The molecule has 0 spiro atoms. The quantitative estimate of drug-likeness (QED) is 0.145. The lowest BCUT2D eigenvalue weighted by atomic mass is 9.88. The minimum atomic E-state index is -4.98. The van der Waals surface area contributed by atoms with E-state index >= 15 is 0 Å². The smallest absolute Gasteiger partial charge is 0.374 e. The first-order chi connectivity index (χ1) is 20.1. The predicted molar refractivity (Wildman–Crippen MR) is 150 cm³/mol. The lowest BCUT2D eigenvalue weighted by molar-refractivity contribution is -0.143. The van der Waals surface area contributed by atoms with Crippen molar-refractivity contribution in [3.05, 3.63) is 70.8 Å². The summed E-state index contributed by atoms with van der Waals surface area (Å²) in [7, 11) is 0. The largest absolute Gasteiger partial charge is 0.416 e. The minimum absolute atomic E-state index is 0.0453. The Balaban J connectivity index is 0.000000821. The molecule has 3 rings (SSSR count). The highest BCUT2D eigenvalue weighted by Gasteiger charge is 2.46. The summed E-state index contributed by atoms with van der Waals surface area (Å²) in [5.41, 5.74) is -3.76. The van der Waals surface area contributed by atoms with Crippen molar-refractivity contribution >= 4 is 51.9 Å². The Kier molecular flexibility index (Phi) is 14.1. The van der Waals surface area contributed by atoms with Crippen LogP contribution < -0.4 is 10.6 Å². The van der Waals surface area contributed by atoms with Gasteiger partial charge in [0.2, 0.25) is 17.1 Å². The van der Waals surface area contributed by atoms with E-state index in [0.717, 1.165) is 0 Å². The van der Waals surface area contributed by atoms with Crippen LogP contribution in [0.2, 0.25) is 0 Å². The van der Waals surface area contributed by atoms with Crippen LogP contribution >= 0.6 is 34.8 Å². The van der Waals surface area contributed by atoms with Crippen LogP contribution in [-0.2, 0) is 43.6 Å². The van der Waals surface area contributed by atoms with Gasteiger partial charge in [-0.15, -0.1) is 23.2 Å². The molecule has 2 aromatic carbocycles. The van der Waals surface area contributed by atoms with E-state index in [-0.39, 0.29) is 48.1 Å². The number of benzene rings is 2. The number of hydrogen-bond donors (Lipinski definition) is 2. The van der Waals surface area contributed by atoms with E-state index in [0.29, 0.717) is 42.8 Å². The molecule has 0 aliphatic carbocycles. The van der Waals surface area contributed by atoms with Crippen LogP contribution in [0.3, 0.4) is 0 Å². The Morgan fingerprint density at radius 3 is 1.98 bits per heavy atom. The number of rotatable bonds is 12. The number of carbonyl (C=O) groups excluding carboxylic acids is 3. The number of ether oxygens (including phenoxy) is 1. The first-order valence-electron chi connectivity index (χ1n) is 12.9. The van der Waals surface area contributed by atoms with E-state index in [1.165, 1.54) is 0 Å². The molecule has 2 aromatic rings. The Hall–Kier alpha value is -2.54. The van der Waals surface area contributed by atoms with Crippen molar-refractivity contribution < 1.29 is 45.5 Å². The second-order valence-electron chi connectivity index (χ2n) is 9.61. The maximum atomic E-state index is 13.2. The standard InChI is InChI=1S/C24H23ClF6N2O3.C4H6Cl2O/c25-8-4-7-20(34)32-19-12-22(33-21(19)35,16-5-2-1-3-6-16)14-36-13-15-9-17(23(26,27)28)11-18(10-15)24(29,30)31;5-3-1-2-4(6)7/h1-3,5-6,9-11,19H,4,7-8,12-14H2,(H,32,34)(H,33,35);1-3H2/t19-,22+;/m0./s1. The molecule has 2 N–H and O–H groups in total. The van der Waals surface area contributed by atoms with Crippen molar-refractivity contribution in [2.45, 2.75) is 62.6 Å². The van der Waals surface area contributed by atoms with Crippen molar-refractivity contribution in [1.29, 1.82) is 0 Å². The van der Waals surface area contributed by atoms with Gasteiger partial charge < -0.3 is 15.4 Å². The summed E-state index contributed by atoms with van der Waals surface area (Å²) in [5.74, 6) is -0.0693. The summed E-state index contributed by atoms with van der Waals surface area (Å²) in [6.45, 7) is -0.821. The molecule has 2 atom stereocenters. The number of halogens is 9. The van der Waals surface area contributed by atoms with E-state index in [9.17, 15) is 40.7 Å². The number of alkyl halides is 8. The highest BCUT2D eigenvalue weighted by atomic mass is 35.5. The van der Waals surface area contributed by atoms with Gasteiger partial charge in [-0.1, -0.05) is 30.3 Å². The number of carbonyl (C=O) groups is 3. The van der Waals surface area contributed by atoms with E-state index in [4.69, 9.17) is 39.5 Å². The fourth-order valence-corrected chi connectivity index (χ4v) is 4.60. The Bertz CT molecular complexity index is 1200. The summed E-state index contributed by atoms with van der Waals surface area (Å²) >= 11 is 15.8. The summed E-state index contributed by atoms with van der Waals surface area (Å²) < 4.78 is 84.5. The second-order valence-corrected chi connectivity index (χ2v) is 10.8. The molecule has 0 bridgehead atoms. The van der Waals surface area contributed by atoms with Gasteiger partial charge in [0.25, 0.3) is 0 Å². The van der Waals surface area contributed by atoms with Gasteiger partial charge in [-0.3, -0.25) is 14.4 Å². The molecule has 0 aromatic heterocycles. The maximum absolute atomic E-state index is 13.2. The fraction of sp³-hybridized carbons (Fsp3) is 0.464. The lowest BCUT2D eigenvalue weighted by Gasteiger charge is -2.30. The van der Waals surface area contributed by atoms with E-state index in [2.05, 4.69) is 10.6 Å². The minimum Gasteiger partial charge on any atom is -0.374 e. The van der Waals surface area contributed by atoms with Crippen molar-refractivity contribution in [3.8, 4) is 0 Å². The molecule has 1 aliphatic heterocycles. The summed E-state index contributed by atoms with van der Waals surface area (Å²) in [6.07, 6.45) is -8.26. The average Bonchev–Trinajstić information content (AvgIpc) is 3.25. The Morgan fingerprint density at radius 2 is 1.49 bits per heavy atom. The summed E-state index contributed by atoms with van der Waals surface area (Å²) in [5, 5.41) is 5.11. The van der Waals surface area contributed by atoms with Gasteiger partial charge in [-0.05, 0) is 53.8 Å². The zero-order valence-corrected chi connectivity index (χ0v) is 24.9. The van der Waals surface area contributed by atoms with Crippen molar-refractivity contribution in [3.63, 3.8) is 0 Å². The highest BCUT2D eigenvalue weighted by molar-refractivity contribution is 6.63. The predicted octanol–water partition coefficient (Wildman–Crippen LogP) is 6.93. The van der Waals surface area contributed by atoms with Crippen molar-refractivity contribution in [2.24, 2.45) is 0 Å². The number of nitrogens with one attached hydrogen (secondary N) is 2. The molecule has 6 nitrogen and oxygen atoms in total. The molecule has 15 heteroatoms. The summed E-state index contributed by atoms with van der Waals surface area (Å²) in [4.78, 5) is 34.7. The van der Waals surface area contributed by atoms with E-state index < -0.39 is 47.6 Å². The van der Waals surface area contributed by atoms with Crippen LogP contribution in [0.15, 0.2) is 48.5 Å². The number of amides is 2. The van der Waals surface area contributed by atoms with E-state index in [1.807, 2.05) is 0 Å². The van der Waals surface area contributed by atoms with Gasteiger partial charge in [0.1, 0.15) is 6.04 Å². The lowest BCUT2D eigenvalue weighted by Crippen LogP contribution is -2.43. The van der Waals surface area contributed by atoms with Gasteiger partial charge in [-0.25, -0.2) is 0 Å². The van der Waals surface area contributed by atoms with E-state index in [1.54, 1.807) is 30.3 Å². The molecule has 1 aliphatic rings. The SMILES string of the molecule is O=C(CCCCl)N[C@H]1C[C@@](COCc2cc(C(F)(F)F)cc(C(F)(F)F)c2)(c2ccccc2)NC1=O.O=C(Cl)CCCCl. The van der Waals surface area contributed by atoms with Gasteiger partial charge in [0.15, 0.2) is 0 Å². The molecule has 1 fully saturated rings. The number of hydrogen-bond acceptors (Lipinski definition) is 4. The van der Waals surface area contributed by atoms with Crippen LogP contribution in [0, 0.1) is 0 Å². The normalized spacial score (nSPS) is 18.4. The zero-order chi connectivity index (χ0) is 32.3. The van der Waals surface area contributed by atoms with Gasteiger partial charge in [0.05, 0.1) is 29.9 Å². The third-order valence-electron chi connectivity index (χ3n) is 6.20. The summed E-state index contributed by atoms with van der Waals surface area (Å²) in [6, 6.07) is 8.89. The third kappa shape index (κ3) is 11.8. The molecule has 1 heterocycles. The first-order valence-corrected chi connectivity index (χ1v) is 14.4. The Morgan fingerprint density at radius 1 is 0.930 bits per heavy atom. The van der Waals surface area contributed by atoms with Crippen molar-refractivity contribution in [2.75, 3.05) is 18.4 Å². The average molecular weight is 678 g/mol. The molecular formula is C28H29Cl3F6N2O4. The van der Waals surface area contributed by atoms with Crippen molar-refractivity contribution in [1.82, 2.24) is 10.6 Å². The topological polar surface area (TPSA) is 84.5 Å². The molecule has 0 unspecified atom stereocenters. The second kappa shape index (κ2) is 16.5. The molecule has 238 valence electrons. The van der Waals surface area contributed by atoms with Crippen LogP contribution in [-0.4, -0.2) is 41.5 Å². The molecule has 1 saturated heterocycles. The van der Waals surface area contributed by atoms with Crippen LogP contribution in [0.5, 0.6) is 0 Å². The van der Waals surface area contributed by atoms with Gasteiger partial charge in [-0.2, -0.15) is 26.3 Å². The molecule has 2 amide bonds. The monoisotopic (exact) mass is 676 g/mol. The fourth-order valence-electron chi connectivity index (χ4n) is 4.20. The molecular weight excluding hydrogens is 649 g/mol. The first kappa shape index (κ1) is 36.7. The van der Waals surface area contributed by atoms with Gasteiger partial charge >= 0.3 is 12.4 Å². The molecule has 43 heavy (non-hydrogen) atoms. The van der Waals surface area contributed by atoms with Crippen LogP contribution in [0.1, 0.15) is 54.4 Å². The maximum Gasteiger partial charge on any atom is 0.416 e. The Labute approximate surface area is 259 Å². The van der Waals surface area contributed by atoms with Crippen LogP contribution in [0.25, 0.3) is 0 Å². The molecule has 0 saturated carbocycles.